The van der Waals surface area contributed by atoms with Crippen LogP contribution in [0.15, 0.2) is 158 Å². The Bertz CT molecular complexity index is 2350. The zero-order valence-electron chi connectivity index (χ0n) is 33.0. The predicted octanol–water partition coefficient (Wildman–Crippen LogP) is 14.2. The first kappa shape index (κ1) is 37.5. The molecule has 0 radical (unpaired) electrons. The number of aryl methyl sites for hydroxylation is 4. The van der Waals surface area contributed by atoms with E-state index >= 15 is 0 Å². The molecule has 0 saturated carbocycles. The number of ether oxygens (including phenoxy) is 2. The summed E-state index contributed by atoms with van der Waals surface area (Å²) in [5, 5.41) is 0. The third-order valence-electron chi connectivity index (χ3n) is 10.1. The molecule has 0 bridgehead atoms. The lowest BCUT2D eigenvalue weighted by molar-refractivity contribution is 0.415. The lowest BCUT2D eigenvalue weighted by Gasteiger charge is -2.26. The van der Waals surface area contributed by atoms with Crippen LogP contribution in [0.1, 0.15) is 44.5 Å². The highest BCUT2D eigenvalue weighted by Gasteiger charge is 2.15. The van der Waals surface area contributed by atoms with Crippen LogP contribution in [0.5, 0.6) is 11.5 Å². The number of nitrogens with zero attached hydrogens (tertiary/aromatic N) is 2. The molecule has 4 heteroatoms. The standard InChI is InChI=1S/C52H48N2O2/c1-37-7-21-45(22-8-37)53(46-23-9-38(2)10-24-46)49-25-19-43(39(3)35-49)17-15-41-11-13-42(14-12-41)16-18-44-20-26-50(36-40(44)4)54(47-27-31-51(55-5)32-28-47)48-29-33-52(56-6)34-30-48/h7-36H,1-6H3. The number of methoxy groups -OCH3 is 2. The minimum absolute atomic E-state index is 0.824. The van der Waals surface area contributed by atoms with Crippen molar-refractivity contribution in [3.05, 3.63) is 202 Å². The lowest BCUT2D eigenvalue weighted by atomic mass is 10.0. The Balaban J connectivity index is 1.06. The highest BCUT2D eigenvalue weighted by atomic mass is 16.5. The van der Waals surface area contributed by atoms with Crippen LogP contribution in [0.2, 0.25) is 0 Å². The smallest absolute Gasteiger partial charge is 0.119 e. The van der Waals surface area contributed by atoms with Crippen LogP contribution in [0, 0.1) is 27.7 Å². The molecule has 0 heterocycles. The number of hydrogen-bond acceptors (Lipinski definition) is 4. The van der Waals surface area contributed by atoms with E-state index in [0.29, 0.717) is 0 Å². The maximum absolute atomic E-state index is 5.42. The van der Waals surface area contributed by atoms with Crippen LogP contribution in [0.4, 0.5) is 34.1 Å². The molecular formula is C52H48N2O2. The van der Waals surface area contributed by atoms with Crippen molar-refractivity contribution in [2.75, 3.05) is 24.0 Å². The summed E-state index contributed by atoms with van der Waals surface area (Å²) in [4.78, 5) is 4.56. The summed E-state index contributed by atoms with van der Waals surface area (Å²) in [6.07, 6.45) is 8.76. The molecule has 7 aromatic carbocycles. The van der Waals surface area contributed by atoms with Crippen molar-refractivity contribution in [3.63, 3.8) is 0 Å². The van der Waals surface area contributed by atoms with Crippen molar-refractivity contribution < 1.29 is 9.47 Å². The second-order valence-electron chi connectivity index (χ2n) is 14.2. The van der Waals surface area contributed by atoms with Gasteiger partial charge in [0, 0.05) is 34.1 Å². The van der Waals surface area contributed by atoms with Crippen LogP contribution in [0.3, 0.4) is 0 Å². The van der Waals surface area contributed by atoms with Gasteiger partial charge >= 0.3 is 0 Å². The van der Waals surface area contributed by atoms with Gasteiger partial charge in [-0.25, -0.2) is 0 Å². The van der Waals surface area contributed by atoms with Crippen LogP contribution >= 0.6 is 0 Å². The van der Waals surface area contributed by atoms with Crippen LogP contribution in [-0.2, 0) is 0 Å². The Morgan fingerprint density at radius 1 is 0.339 bits per heavy atom. The van der Waals surface area contributed by atoms with Gasteiger partial charge in [-0.2, -0.15) is 0 Å². The zero-order valence-corrected chi connectivity index (χ0v) is 33.0. The maximum atomic E-state index is 5.42. The van der Waals surface area contributed by atoms with E-state index in [9.17, 15) is 0 Å². The Hall–Kier alpha value is -6.78. The predicted molar refractivity (Wildman–Crippen MR) is 239 cm³/mol. The fourth-order valence-electron chi connectivity index (χ4n) is 6.81. The number of hydrogen-bond donors (Lipinski definition) is 0. The van der Waals surface area contributed by atoms with Crippen molar-refractivity contribution in [3.8, 4) is 11.5 Å². The maximum Gasteiger partial charge on any atom is 0.119 e. The molecule has 0 saturated heterocycles. The molecule has 0 aliphatic rings. The Morgan fingerprint density at radius 2 is 0.643 bits per heavy atom. The quantitative estimate of drug-likeness (QED) is 0.117. The van der Waals surface area contributed by atoms with Crippen LogP contribution in [-0.4, -0.2) is 14.2 Å². The van der Waals surface area contributed by atoms with Gasteiger partial charge in [-0.15, -0.1) is 0 Å². The molecular weight excluding hydrogens is 685 g/mol. The normalized spacial score (nSPS) is 11.2. The third kappa shape index (κ3) is 8.77. The lowest BCUT2D eigenvalue weighted by Crippen LogP contribution is -2.10. The second-order valence-corrected chi connectivity index (χ2v) is 14.2. The summed E-state index contributed by atoms with van der Waals surface area (Å²) < 4.78 is 10.8. The minimum Gasteiger partial charge on any atom is -0.497 e. The Morgan fingerprint density at radius 3 is 0.946 bits per heavy atom. The zero-order chi connectivity index (χ0) is 39.0. The molecule has 0 aliphatic carbocycles. The van der Waals surface area contributed by atoms with E-state index in [1.54, 1.807) is 14.2 Å². The van der Waals surface area contributed by atoms with Crippen molar-refractivity contribution in [2.45, 2.75) is 27.7 Å². The van der Waals surface area contributed by atoms with Crippen molar-refractivity contribution in [1.29, 1.82) is 0 Å². The van der Waals surface area contributed by atoms with Crippen LogP contribution < -0.4 is 19.3 Å². The molecule has 0 N–H and O–H groups in total. The third-order valence-corrected chi connectivity index (χ3v) is 10.1. The van der Waals surface area contributed by atoms with Gasteiger partial charge in [-0.3, -0.25) is 0 Å². The summed E-state index contributed by atoms with van der Waals surface area (Å²) in [5.41, 5.74) is 16.2. The van der Waals surface area contributed by atoms with E-state index in [-0.39, 0.29) is 0 Å². The molecule has 0 atom stereocenters. The average Bonchev–Trinajstić information content (AvgIpc) is 3.23. The largest absolute Gasteiger partial charge is 0.497 e. The first-order valence-electron chi connectivity index (χ1n) is 19.0. The molecule has 0 fully saturated rings. The summed E-state index contributed by atoms with van der Waals surface area (Å²) >= 11 is 0. The van der Waals surface area contributed by atoms with Gasteiger partial charge < -0.3 is 19.3 Å². The molecule has 0 amide bonds. The summed E-state index contributed by atoms with van der Waals surface area (Å²) in [6.45, 7) is 8.60. The van der Waals surface area contributed by atoms with E-state index in [4.69, 9.17) is 9.47 Å². The molecule has 0 unspecified atom stereocenters. The molecule has 7 aromatic rings. The molecule has 7 rings (SSSR count). The summed E-state index contributed by atoms with van der Waals surface area (Å²) in [7, 11) is 3.37. The highest BCUT2D eigenvalue weighted by Crippen LogP contribution is 2.38. The van der Waals surface area contributed by atoms with Gasteiger partial charge in [0.1, 0.15) is 11.5 Å². The first-order chi connectivity index (χ1) is 27.3. The fourth-order valence-corrected chi connectivity index (χ4v) is 6.81. The topological polar surface area (TPSA) is 24.9 Å². The summed E-state index contributed by atoms with van der Waals surface area (Å²) in [5.74, 6) is 1.65. The molecule has 278 valence electrons. The number of rotatable bonds is 12. The highest BCUT2D eigenvalue weighted by molar-refractivity contribution is 5.81. The monoisotopic (exact) mass is 732 g/mol. The van der Waals surface area contributed by atoms with E-state index in [1.165, 1.54) is 33.4 Å². The van der Waals surface area contributed by atoms with Crippen LogP contribution in [0.25, 0.3) is 24.3 Å². The Kier molecular flexibility index (Phi) is 11.5. The first-order valence-corrected chi connectivity index (χ1v) is 19.0. The van der Waals surface area contributed by atoms with E-state index in [0.717, 1.165) is 56.8 Å². The molecule has 0 spiro atoms. The van der Waals surface area contributed by atoms with Crippen molar-refractivity contribution in [2.24, 2.45) is 0 Å². The minimum atomic E-state index is 0.824. The van der Waals surface area contributed by atoms with E-state index < -0.39 is 0 Å². The van der Waals surface area contributed by atoms with E-state index in [2.05, 4.69) is 195 Å². The fraction of sp³-hybridized carbons (Fsp3) is 0.115. The number of anilines is 6. The van der Waals surface area contributed by atoms with Gasteiger partial charge in [0.15, 0.2) is 0 Å². The summed E-state index contributed by atoms with van der Waals surface area (Å²) in [6, 6.07) is 55.7. The van der Waals surface area contributed by atoms with Crippen molar-refractivity contribution in [1.82, 2.24) is 0 Å². The Labute approximate surface area is 332 Å². The van der Waals surface area contributed by atoms with Crippen molar-refractivity contribution >= 4 is 58.4 Å². The second kappa shape index (κ2) is 17.1. The van der Waals surface area contributed by atoms with E-state index in [1.807, 2.05) is 24.3 Å². The SMILES string of the molecule is COc1ccc(N(c2ccc(OC)cc2)c2ccc(C=Cc3ccc(C=Cc4ccc(N(c5ccc(C)cc5)c5ccc(C)cc5)cc4C)cc3)c(C)c2)cc1. The molecule has 4 nitrogen and oxygen atoms in total. The van der Waals surface area contributed by atoms with Gasteiger partial charge in [0.05, 0.1) is 14.2 Å². The average molecular weight is 733 g/mol. The van der Waals surface area contributed by atoms with Gasteiger partial charge in [0.25, 0.3) is 0 Å². The van der Waals surface area contributed by atoms with Gasteiger partial charge in [0.2, 0.25) is 0 Å². The molecule has 0 aromatic heterocycles. The molecule has 0 aliphatic heterocycles. The molecule has 56 heavy (non-hydrogen) atoms. The number of benzene rings is 7. The van der Waals surface area contributed by atoms with Gasteiger partial charge in [-0.05, 0) is 158 Å². The van der Waals surface area contributed by atoms with Gasteiger partial charge in [-0.1, -0.05) is 96.1 Å².